The number of carbonyl (C=O) groups excluding carboxylic acids is 1. The zero-order valence-electron chi connectivity index (χ0n) is 10.6. The van der Waals surface area contributed by atoms with E-state index in [2.05, 4.69) is 10.3 Å². The summed E-state index contributed by atoms with van der Waals surface area (Å²) >= 11 is 0. The second-order valence-corrected chi connectivity index (χ2v) is 4.33. The maximum atomic E-state index is 12.2. The first-order valence-electron chi connectivity index (χ1n) is 6.16. The van der Waals surface area contributed by atoms with Crippen LogP contribution in [0.2, 0.25) is 0 Å². The second kappa shape index (κ2) is 5.18. The average Bonchev–Trinajstić information content (AvgIpc) is 3.14. The van der Waals surface area contributed by atoms with Crippen LogP contribution in [0.1, 0.15) is 22.2 Å². The van der Waals surface area contributed by atoms with Gasteiger partial charge in [0.05, 0.1) is 12.9 Å². The molecule has 1 amide bonds. The molecule has 102 valence electrons. The highest BCUT2D eigenvalue weighted by molar-refractivity contribution is 5.95. The number of carbonyl (C=O) groups is 1. The van der Waals surface area contributed by atoms with E-state index in [0.29, 0.717) is 17.0 Å². The fourth-order valence-electron chi connectivity index (χ4n) is 1.99. The van der Waals surface area contributed by atoms with Crippen LogP contribution in [0.25, 0.3) is 5.65 Å². The summed E-state index contributed by atoms with van der Waals surface area (Å²) in [6.45, 7) is -0.231. The maximum Gasteiger partial charge on any atom is 0.252 e. The number of aliphatic hydroxyl groups excluding tert-OH is 1. The molecule has 6 heteroatoms. The molecule has 1 atom stereocenters. The minimum Gasteiger partial charge on any atom is -0.467 e. The zero-order valence-corrected chi connectivity index (χ0v) is 10.6. The van der Waals surface area contributed by atoms with Gasteiger partial charge in [-0.3, -0.25) is 4.79 Å². The Balaban J connectivity index is 1.81. The number of rotatable bonds is 4. The van der Waals surface area contributed by atoms with Crippen molar-refractivity contribution in [2.24, 2.45) is 0 Å². The molecule has 1 unspecified atom stereocenters. The Morgan fingerprint density at radius 1 is 1.45 bits per heavy atom. The number of imidazole rings is 1. The van der Waals surface area contributed by atoms with Crippen molar-refractivity contribution in [2.75, 3.05) is 6.61 Å². The van der Waals surface area contributed by atoms with Gasteiger partial charge in [-0.05, 0) is 24.3 Å². The first-order valence-corrected chi connectivity index (χ1v) is 6.16. The van der Waals surface area contributed by atoms with E-state index in [0.717, 1.165) is 0 Å². The largest absolute Gasteiger partial charge is 0.467 e. The Bertz CT molecular complexity index is 718. The summed E-state index contributed by atoms with van der Waals surface area (Å²) in [5.41, 5.74) is 1.17. The zero-order chi connectivity index (χ0) is 13.9. The van der Waals surface area contributed by atoms with E-state index >= 15 is 0 Å². The summed E-state index contributed by atoms with van der Waals surface area (Å²) < 4.78 is 7.00. The number of pyridine rings is 1. The highest BCUT2D eigenvalue weighted by atomic mass is 16.3. The van der Waals surface area contributed by atoms with Crippen LogP contribution in [0.15, 0.2) is 53.5 Å². The number of aromatic nitrogens is 2. The van der Waals surface area contributed by atoms with Crippen molar-refractivity contribution in [2.45, 2.75) is 6.04 Å². The molecule has 3 aromatic heterocycles. The molecule has 20 heavy (non-hydrogen) atoms. The van der Waals surface area contributed by atoms with Crippen LogP contribution >= 0.6 is 0 Å². The summed E-state index contributed by atoms with van der Waals surface area (Å²) in [5, 5.41) is 12.1. The van der Waals surface area contributed by atoms with Crippen LogP contribution in [0.5, 0.6) is 0 Å². The molecular formula is C14H13N3O3. The Morgan fingerprint density at radius 3 is 3.10 bits per heavy atom. The van der Waals surface area contributed by atoms with Crippen molar-refractivity contribution < 1.29 is 14.3 Å². The predicted octanol–water partition coefficient (Wildman–Crippen LogP) is 1.39. The summed E-state index contributed by atoms with van der Waals surface area (Å²) in [5.74, 6) is 0.230. The minimum atomic E-state index is -0.562. The lowest BCUT2D eigenvalue weighted by molar-refractivity contribution is 0.0907. The number of nitrogens with zero attached hydrogens (tertiary/aromatic N) is 2. The molecule has 0 aliphatic heterocycles. The highest BCUT2D eigenvalue weighted by Crippen LogP contribution is 2.14. The molecule has 2 N–H and O–H groups in total. The molecule has 0 fully saturated rings. The fourth-order valence-corrected chi connectivity index (χ4v) is 1.99. The number of aliphatic hydroxyl groups is 1. The quantitative estimate of drug-likeness (QED) is 0.751. The summed E-state index contributed by atoms with van der Waals surface area (Å²) in [6.07, 6.45) is 6.73. The van der Waals surface area contributed by atoms with Gasteiger partial charge >= 0.3 is 0 Å². The standard InChI is InChI=1S/C14H13N3O3/c18-9-11(12-2-1-7-20-12)16-14(19)10-3-5-17-6-4-15-13(17)8-10/h1-8,11,18H,9H2,(H,16,19). The van der Waals surface area contributed by atoms with Crippen LogP contribution in [-0.4, -0.2) is 27.0 Å². The van der Waals surface area contributed by atoms with Gasteiger partial charge in [-0.25, -0.2) is 4.98 Å². The summed E-state index contributed by atoms with van der Waals surface area (Å²) in [6, 6.07) is 6.24. The fraction of sp³-hybridized carbons (Fsp3) is 0.143. The van der Waals surface area contributed by atoms with Gasteiger partial charge in [0.2, 0.25) is 0 Å². The minimum absolute atomic E-state index is 0.231. The molecule has 3 rings (SSSR count). The smallest absolute Gasteiger partial charge is 0.252 e. The van der Waals surface area contributed by atoms with Gasteiger partial charge in [0.25, 0.3) is 5.91 Å². The van der Waals surface area contributed by atoms with Gasteiger partial charge in [0, 0.05) is 24.2 Å². The maximum absolute atomic E-state index is 12.2. The van der Waals surface area contributed by atoms with E-state index in [1.54, 1.807) is 42.9 Å². The Morgan fingerprint density at radius 2 is 2.35 bits per heavy atom. The van der Waals surface area contributed by atoms with Crippen LogP contribution in [-0.2, 0) is 0 Å². The Kier molecular flexibility index (Phi) is 3.22. The molecular weight excluding hydrogens is 258 g/mol. The van der Waals surface area contributed by atoms with Crippen LogP contribution in [0.3, 0.4) is 0 Å². The van der Waals surface area contributed by atoms with E-state index in [9.17, 15) is 9.90 Å². The van der Waals surface area contributed by atoms with Crippen molar-refractivity contribution in [3.63, 3.8) is 0 Å². The van der Waals surface area contributed by atoms with Crippen LogP contribution < -0.4 is 5.32 Å². The second-order valence-electron chi connectivity index (χ2n) is 4.33. The third-order valence-corrected chi connectivity index (χ3v) is 3.03. The van der Waals surface area contributed by atoms with Crippen molar-refractivity contribution in [1.82, 2.24) is 14.7 Å². The van der Waals surface area contributed by atoms with Gasteiger partial charge < -0.3 is 19.2 Å². The molecule has 0 saturated heterocycles. The van der Waals surface area contributed by atoms with E-state index in [4.69, 9.17) is 4.42 Å². The van der Waals surface area contributed by atoms with Gasteiger partial charge in [-0.15, -0.1) is 0 Å². The van der Waals surface area contributed by atoms with Gasteiger partial charge in [-0.1, -0.05) is 0 Å². The van der Waals surface area contributed by atoms with Gasteiger partial charge in [-0.2, -0.15) is 0 Å². The number of furan rings is 1. The normalized spacial score (nSPS) is 12.4. The van der Waals surface area contributed by atoms with Crippen molar-refractivity contribution in [3.05, 3.63) is 60.4 Å². The van der Waals surface area contributed by atoms with E-state index < -0.39 is 6.04 Å². The lowest BCUT2D eigenvalue weighted by Crippen LogP contribution is -2.30. The number of nitrogens with one attached hydrogen (secondary N) is 1. The highest BCUT2D eigenvalue weighted by Gasteiger charge is 2.17. The van der Waals surface area contributed by atoms with Gasteiger partial charge in [0.1, 0.15) is 17.4 Å². The summed E-state index contributed by atoms with van der Waals surface area (Å²) in [4.78, 5) is 16.3. The van der Waals surface area contributed by atoms with Crippen molar-refractivity contribution in [1.29, 1.82) is 0 Å². The topological polar surface area (TPSA) is 79.8 Å². The third kappa shape index (κ3) is 2.28. The molecule has 0 aliphatic carbocycles. The van der Waals surface area contributed by atoms with Crippen LogP contribution in [0, 0.1) is 0 Å². The third-order valence-electron chi connectivity index (χ3n) is 3.03. The lowest BCUT2D eigenvalue weighted by atomic mass is 10.2. The monoisotopic (exact) mass is 271 g/mol. The molecule has 0 aliphatic rings. The van der Waals surface area contributed by atoms with Crippen LogP contribution in [0.4, 0.5) is 0 Å². The first kappa shape index (κ1) is 12.4. The van der Waals surface area contributed by atoms with Gasteiger partial charge in [0.15, 0.2) is 0 Å². The number of hydrogen-bond acceptors (Lipinski definition) is 4. The molecule has 3 heterocycles. The molecule has 0 bridgehead atoms. The Labute approximate surface area is 114 Å². The first-order chi connectivity index (χ1) is 9.78. The van der Waals surface area contributed by atoms with E-state index in [-0.39, 0.29) is 12.5 Å². The van der Waals surface area contributed by atoms with Crippen molar-refractivity contribution >= 4 is 11.6 Å². The Hall–Kier alpha value is -2.60. The molecule has 6 nitrogen and oxygen atoms in total. The van der Waals surface area contributed by atoms with E-state index in [1.165, 1.54) is 6.26 Å². The lowest BCUT2D eigenvalue weighted by Gasteiger charge is -2.13. The molecule has 0 aromatic carbocycles. The molecule has 0 spiro atoms. The number of fused-ring (bicyclic) bond motifs is 1. The molecule has 0 saturated carbocycles. The van der Waals surface area contributed by atoms with Crippen molar-refractivity contribution in [3.8, 4) is 0 Å². The molecule has 0 radical (unpaired) electrons. The predicted molar refractivity (Wildman–Crippen MR) is 71.2 cm³/mol. The average molecular weight is 271 g/mol. The molecule has 3 aromatic rings. The van der Waals surface area contributed by atoms with E-state index in [1.807, 2.05) is 4.40 Å². The summed E-state index contributed by atoms with van der Waals surface area (Å²) in [7, 11) is 0. The number of amides is 1. The number of hydrogen-bond donors (Lipinski definition) is 2. The SMILES string of the molecule is O=C(NC(CO)c1ccco1)c1ccn2ccnc2c1.